The number of hydrogen-bond acceptors (Lipinski definition) is 6. The number of hydrogen-bond donors (Lipinski definition) is 0. The lowest BCUT2D eigenvalue weighted by atomic mass is 10.0. The molecule has 0 radical (unpaired) electrons. The van der Waals surface area contributed by atoms with Gasteiger partial charge in [-0.15, -0.1) is 0 Å². The normalized spacial score (nSPS) is 11.9. The van der Waals surface area contributed by atoms with Gasteiger partial charge in [0.15, 0.2) is 6.10 Å². The van der Waals surface area contributed by atoms with Crippen LogP contribution in [0.5, 0.6) is 0 Å². The third kappa shape index (κ3) is 37.7. The number of carbonyl (C=O) groups excluding carboxylic acids is 3. The number of unbranched alkanes of at least 4 members (excludes halogenated alkanes) is 26. The van der Waals surface area contributed by atoms with Gasteiger partial charge in [-0.05, 0) is 25.2 Å². The molecule has 0 amide bonds. The minimum absolute atomic E-state index is 0.0662. The molecule has 0 unspecified atom stereocenters. The van der Waals surface area contributed by atoms with E-state index in [0.717, 1.165) is 70.1 Å². The summed E-state index contributed by atoms with van der Waals surface area (Å²) in [5.41, 5.74) is 0. The van der Waals surface area contributed by atoms with Crippen LogP contribution in [0.25, 0.3) is 0 Å². The van der Waals surface area contributed by atoms with Crippen LogP contribution < -0.4 is 0 Å². The average molecular weight is 709 g/mol. The molecule has 50 heavy (non-hydrogen) atoms. The van der Waals surface area contributed by atoms with Gasteiger partial charge in [0.1, 0.15) is 13.2 Å². The first-order chi connectivity index (χ1) is 24.4. The molecule has 0 bridgehead atoms. The Morgan fingerprint density at radius 2 is 0.660 bits per heavy atom. The van der Waals surface area contributed by atoms with Gasteiger partial charge in [-0.25, -0.2) is 0 Å². The highest BCUT2D eigenvalue weighted by Crippen LogP contribution is 2.16. The molecule has 0 heterocycles. The molecular weight excluding hydrogens is 624 g/mol. The molecule has 0 aliphatic rings. The average Bonchev–Trinajstić information content (AvgIpc) is 3.09. The lowest BCUT2D eigenvalue weighted by Crippen LogP contribution is -2.30. The van der Waals surface area contributed by atoms with E-state index in [0.29, 0.717) is 19.3 Å². The highest BCUT2D eigenvalue weighted by atomic mass is 16.6. The second-order valence-corrected chi connectivity index (χ2v) is 15.5. The highest BCUT2D eigenvalue weighted by molar-refractivity contribution is 5.71. The summed E-state index contributed by atoms with van der Waals surface area (Å²) in [4.78, 5) is 37.3. The zero-order valence-electron chi connectivity index (χ0n) is 33.9. The summed E-state index contributed by atoms with van der Waals surface area (Å²) in [5, 5.41) is 0. The number of rotatable bonds is 39. The Morgan fingerprint density at radius 3 is 0.980 bits per heavy atom. The second-order valence-electron chi connectivity index (χ2n) is 15.5. The first-order valence-corrected chi connectivity index (χ1v) is 21.9. The SMILES string of the molecule is CCCCCCCCCCCCCCCCCCCCC(=O)OC[C@@H](COC(=O)CCCCCCC)OC(=O)CCCCCCCCC(C)C. The molecule has 296 valence electrons. The molecule has 0 aliphatic heterocycles. The number of ether oxygens (including phenoxy) is 3. The maximum absolute atomic E-state index is 12.6. The maximum Gasteiger partial charge on any atom is 0.306 e. The Bertz CT molecular complexity index is 751. The fraction of sp³-hybridized carbons (Fsp3) is 0.932. The molecule has 0 aromatic carbocycles. The van der Waals surface area contributed by atoms with Crippen LogP contribution >= 0.6 is 0 Å². The van der Waals surface area contributed by atoms with Crippen LogP contribution in [-0.4, -0.2) is 37.2 Å². The van der Waals surface area contributed by atoms with Crippen LogP contribution in [0.15, 0.2) is 0 Å². The summed E-state index contributed by atoms with van der Waals surface area (Å²) >= 11 is 0. The van der Waals surface area contributed by atoms with Gasteiger partial charge in [0.25, 0.3) is 0 Å². The van der Waals surface area contributed by atoms with E-state index < -0.39 is 6.10 Å². The van der Waals surface area contributed by atoms with Gasteiger partial charge in [-0.3, -0.25) is 14.4 Å². The Hall–Kier alpha value is -1.59. The molecule has 0 saturated carbocycles. The minimum Gasteiger partial charge on any atom is -0.462 e. The van der Waals surface area contributed by atoms with E-state index in [1.165, 1.54) is 128 Å². The van der Waals surface area contributed by atoms with E-state index in [9.17, 15) is 14.4 Å². The molecule has 0 rings (SSSR count). The van der Waals surface area contributed by atoms with Gasteiger partial charge >= 0.3 is 17.9 Å². The van der Waals surface area contributed by atoms with Crippen molar-refractivity contribution in [3.63, 3.8) is 0 Å². The Labute approximate surface area is 310 Å². The van der Waals surface area contributed by atoms with Crippen molar-refractivity contribution in [2.75, 3.05) is 13.2 Å². The van der Waals surface area contributed by atoms with E-state index >= 15 is 0 Å². The third-order valence-corrected chi connectivity index (χ3v) is 9.79. The molecule has 6 heteroatoms. The second kappa shape index (κ2) is 38.6. The van der Waals surface area contributed by atoms with Gasteiger partial charge in [0.05, 0.1) is 0 Å². The zero-order chi connectivity index (χ0) is 36.8. The fourth-order valence-corrected chi connectivity index (χ4v) is 6.45. The summed E-state index contributed by atoms with van der Waals surface area (Å²) in [6.07, 6.45) is 37.1. The molecule has 0 N–H and O–H groups in total. The van der Waals surface area contributed by atoms with Crippen LogP contribution in [-0.2, 0) is 28.6 Å². The minimum atomic E-state index is -0.758. The largest absolute Gasteiger partial charge is 0.462 e. The van der Waals surface area contributed by atoms with Gasteiger partial charge in [0, 0.05) is 19.3 Å². The van der Waals surface area contributed by atoms with Gasteiger partial charge in [-0.2, -0.15) is 0 Å². The zero-order valence-corrected chi connectivity index (χ0v) is 33.9. The summed E-state index contributed by atoms with van der Waals surface area (Å²) in [5.74, 6) is -0.118. The number of esters is 3. The van der Waals surface area contributed by atoms with E-state index in [1.54, 1.807) is 0 Å². The fourth-order valence-electron chi connectivity index (χ4n) is 6.45. The molecule has 0 aromatic rings. The van der Waals surface area contributed by atoms with Crippen molar-refractivity contribution < 1.29 is 28.6 Å². The Balaban J connectivity index is 4.10. The molecular formula is C44H84O6. The van der Waals surface area contributed by atoms with Crippen LogP contribution in [0.3, 0.4) is 0 Å². The topological polar surface area (TPSA) is 78.9 Å². The van der Waals surface area contributed by atoms with Gasteiger partial charge in [-0.1, -0.05) is 201 Å². The first-order valence-electron chi connectivity index (χ1n) is 21.9. The van der Waals surface area contributed by atoms with Crippen LogP contribution in [0.1, 0.15) is 240 Å². The molecule has 0 aliphatic carbocycles. The van der Waals surface area contributed by atoms with E-state index in [-0.39, 0.29) is 31.1 Å². The Kier molecular flexibility index (Phi) is 37.4. The summed E-state index contributed by atoms with van der Waals surface area (Å²) in [6.45, 7) is 8.84. The van der Waals surface area contributed by atoms with Crippen molar-refractivity contribution in [2.45, 2.75) is 246 Å². The summed E-state index contributed by atoms with van der Waals surface area (Å²) in [6, 6.07) is 0. The predicted octanol–water partition coefficient (Wildman–Crippen LogP) is 13.6. The van der Waals surface area contributed by atoms with Crippen molar-refractivity contribution in [2.24, 2.45) is 5.92 Å². The lowest BCUT2D eigenvalue weighted by molar-refractivity contribution is -0.167. The van der Waals surface area contributed by atoms with E-state index in [4.69, 9.17) is 14.2 Å². The van der Waals surface area contributed by atoms with Crippen LogP contribution in [0.4, 0.5) is 0 Å². The van der Waals surface area contributed by atoms with Gasteiger partial charge < -0.3 is 14.2 Å². The monoisotopic (exact) mass is 709 g/mol. The van der Waals surface area contributed by atoms with Gasteiger partial charge in [0.2, 0.25) is 0 Å². The quantitative estimate of drug-likeness (QED) is 0.0359. The molecule has 0 saturated heterocycles. The summed E-state index contributed by atoms with van der Waals surface area (Å²) in [7, 11) is 0. The van der Waals surface area contributed by atoms with Crippen LogP contribution in [0.2, 0.25) is 0 Å². The first kappa shape index (κ1) is 48.4. The smallest absolute Gasteiger partial charge is 0.306 e. The van der Waals surface area contributed by atoms with Crippen molar-refractivity contribution in [1.29, 1.82) is 0 Å². The van der Waals surface area contributed by atoms with Crippen molar-refractivity contribution in [3.05, 3.63) is 0 Å². The van der Waals surface area contributed by atoms with Crippen molar-refractivity contribution in [3.8, 4) is 0 Å². The van der Waals surface area contributed by atoms with Crippen molar-refractivity contribution >= 4 is 17.9 Å². The Morgan fingerprint density at radius 1 is 0.380 bits per heavy atom. The molecule has 1 atom stereocenters. The van der Waals surface area contributed by atoms with E-state index in [2.05, 4.69) is 27.7 Å². The molecule has 6 nitrogen and oxygen atoms in total. The molecule has 0 aromatic heterocycles. The molecule has 0 fully saturated rings. The molecule has 0 spiro atoms. The predicted molar refractivity (Wildman–Crippen MR) is 210 cm³/mol. The van der Waals surface area contributed by atoms with Crippen LogP contribution in [0, 0.1) is 5.92 Å². The number of carbonyl (C=O) groups is 3. The third-order valence-electron chi connectivity index (χ3n) is 9.79. The maximum atomic E-state index is 12.6. The van der Waals surface area contributed by atoms with Crippen molar-refractivity contribution in [1.82, 2.24) is 0 Å². The standard InChI is InChI=1S/C44H84O6/c1-5-7-9-11-12-13-14-15-16-17-18-19-20-21-22-23-28-32-36-43(46)49-39-41(38-48-42(45)35-31-26-10-8-6-2)50-44(47)37-33-29-25-24-27-30-34-40(3)4/h40-41H,5-39H2,1-4H3/t41-/m1/s1. The van der Waals surface area contributed by atoms with E-state index in [1.807, 2.05) is 0 Å². The lowest BCUT2D eigenvalue weighted by Gasteiger charge is -2.18. The summed E-state index contributed by atoms with van der Waals surface area (Å²) < 4.78 is 16.5. The highest BCUT2D eigenvalue weighted by Gasteiger charge is 2.19.